The second kappa shape index (κ2) is 6.44. The Morgan fingerprint density at radius 3 is 2.47 bits per heavy atom. The molecule has 2 aromatic heterocycles. The van der Waals surface area contributed by atoms with Crippen LogP contribution in [0.3, 0.4) is 0 Å². The van der Waals surface area contributed by atoms with Gasteiger partial charge in [-0.2, -0.15) is 0 Å². The molecule has 0 saturated heterocycles. The quantitative estimate of drug-likeness (QED) is 0.540. The minimum absolute atomic E-state index is 0.233. The highest BCUT2D eigenvalue weighted by Crippen LogP contribution is 2.34. The van der Waals surface area contributed by atoms with Gasteiger partial charge in [-0.3, -0.25) is 4.79 Å². The molecule has 102 valence electrons. The fraction of sp³-hybridized carbons (Fsp3) is 0.467. The van der Waals surface area contributed by atoms with E-state index in [9.17, 15) is 9.59 Å². The van der Waals surface area contributed by atoms with E-state index in [1.165, 1.54) is 14.3 Å². The molecule has 0 saturated carbocycles. The number of hydrogen-bond acceptors (Lipinski definition) is 4. The molecule has 0 spiro atoms. The predicted molar refractivity (Wildman–Crippen MR) is 82.6 cm³/mol. The molecule has 0 radical (unpaired) electrons. The average Bonchev–Trinajstić information content (AvgIpc) is 2.91. The molecule has 19 heavy (non-hydrogen) atoms. The molecule has 0 unspecified atom stereocenters. The summed E-state index contributed by atoms with van der Waals surface area (Å²) in [7, 11) is 0. The molecule has 0 aliphatic rings. The van der Waals surface area contributed by atoms with Crippen LogP contribution < -0.4 is 0 Å². The Hall–Kier alpha value is -1.00. The molecule has 2 heterocycles. The third-order valence-electron chi connectivity index (χ3n) is 3.06. The Labute approximate surface area is 121 Å². The summed E-state index contributed by atoms with van der Waals surface area (Å²) in [6.45, 7) is 3.55. The number of Topliss-reactive ketones (excluding diaryl/α,β-unsaturated/α-hetero) is 2. The van der Waals surface area contributed by atoms with E-state index >= 15 is 0 Å². The molecule has 2 rings (SSSR count). The standard InChI is InChI=1S/C15H18O2S2/c1-3-12(17)13-9-15-14(19-13)8-11(18-15)7-5-4-6-10(2)16/h8-9H,3-7H2,1-2H3. The topological polar surface area (TPSA) is 34.1 Å². The van der Waals surface area contributed by atoms with E-state index in [1.54, 1.807) is 29.6 Å². The fourth-order valence-corrected chi connectivity index (χ4v) is 4.47. The van der Waals surface area contributed by atoms with Gasteiger partial charge in [-0.05, 0) is 38.3 Å². The van der Waals surface area contributed by atoms with Crippen molar-refractivity contribution in [2.24, 2.45) is 0 Å². The second-order valence-electron chi connectivity index (χ2n) is 4.74. The lowest BCUT2D eigenvalue weighted by Crippen LogP contribution is -1.91. The highest BCUT2D eigenvalue weighted by molar-refractivity contribution is 7.28. The monoisotopic (exact) mass is 294 g/mol. The zero-order valence-corrected chi connectivity index (χ0v) is 13.0. The first-order valence-corrected chi connectivity index (χ1v) is 8.28. The van der Waals surface area contributed by atoms with Gasteiger partial charge in [0.15, 0.2) is 5.78 Å². The molecule has 4 heteroatoms. The SMILES string of the molecule is CCC(=O)c1cc2sc(CCCCC(C)=O)cc2s1. The Morgan fingerprint density at radius 1 is 1.11 bits per heavy atom. The molecule has 2 aromatic rings. The van der Waals surface area contributed by atoms with Gasteiger partial charge in [-0.25, -0.2) is 0 Å². The van der Waals surface area contributed by atoms with Crippen molar-refractivity contribution < 1.29 is 9.59 Å². The number of carbonyl (C=O) groups excluding carboxylic acids is 2. The highest BCUT2D eigenvalue weighted by Gasteiger charge is 2.11. The summed E-state index contributed by atoms with van der Waals surface area (Å²) < 4.78 is 2.45. The maximum Gasteiger partial charge on any atom is 0.172 e. The van der Waals surface area contributed by atoms with Gasteiger partial charge in [-0.15, -0.1) is 22.7 Å². The number of ketones is 2. The second-order valence-corrected chi connectivity index (χ2v) is 6.99. The largest absolute Gasteiger partial charge is 0.300 e. The van der Waals surface area contributed by atoms with Gasteiger partial charge in [0.25, 0.3) is 0 Å². The van der Waals surface area contributed by atoms with Crippen LogP contribution in [-0.4, -0.2) is 11.6 Å². The zero-order valence-electron chi connectivity index (χ0n) is 11.3. The van der Waals surface area contributed by atoms with Crippen molar-refractivity contribution in [3.8, 4) is 0 Å². The number of fused-ring (bicyclic) bond motifs is 1. The first-order chi connectivity index (χ1) is 9.10. The molecule has 0 bridgehead atoms. The lowest BCUT2D eigenvalue weighted by atomic mass is 10.1. The minimum Gasteiger partial charge on any atom is -0.300 e. The number of thiophene rings is 2. The van der Waals surface area contributed by atoms with Crippen LogP contribution in [0.2, 0.25) is 0 Å². The summed E-state index contributed by atoms with van der Waals surface area (Å²) in [5, 5.41) is 0. The van der Waals surface area contributed by atoms with Crippen LogP contribution in [-0.2, 0) is 11.2 Å². The van der Waals surface area contributed by atoms with Gasteiger partial charge in [0.1, 0.15) is 5.78 Å². The molecular formula is C15H18O2S2. The summed E-state index contributed by atoms with van der Waals surface area (Å²) in [6, 6.07) is 4.22. The first kappa shape index (κ1) is 14.4. The molecule has 2 nitrogen and oxygen atoms in total. The van der Waals surface area contributed by atoms with Crippen LogP contribution in [0, 0.1) is 0 Å². The highest BCUT2D eigenvalue weighted by atomic mass is 32.1. The maximum absolute atomic E-state index is 11.6. The Kier molecular flexibility index (Phi) is 4.88. The maximum atomic E-state index is 11.6. The molecular weight excluding hydrogens is 276 g/mol. The first-order valence-electron chi connectivity index (χ1n) is 6.65. The van der Waals surface area contributed by atoms with Crippen molar-refractivity contribution in [2.75, 3.05) is 0 Å². The molecule has 0 aliphatic carbocycles. The summed E-state index contributed by atoms with van der Waals surface area (Å²) in [5.41, 5.74) is 0. The van der Waals surface area contributed by atoms with Crippen molar-refractivity contribution in [3.63, 3.8) is 0 Å². The predicted octanol–water partition coefficient (Wildman–Crippen LogP) is 4.86. The Morgan fingerprint density at radius 2 is 1.84 bits per heavy atom. The van der Waals surface area contributed by atoms with Gasteiger partial charge in [0.05, 0.1) is 4.88 Å². The number of carbonyl (C=O) groups is 2. The average molecular weight is 294 g/mol. The van der Waals surface area contributed by atoms with E-state index in [1.807, 2.05) is 13.0 Å². The van der Waals surface area contributed by atoms with E-state index in [4.69, 9.17) is 0 Å². The molecule has 0 fully saturated rings. The fourth-order valence-electron chi connectivity index (χ4n) is 1.99. The van der Waals surface area contributed by atoms with Crippen LogP contribution >= 0.6 is 22.7 Å². The molecule has 0 N–H and O–H groups in total. The van der Waals surface area contributed by atoms with E-state index in [0.29, 0.717) is 12.8 Å². The van der Waals surface area contributed by atoms with Crippen molar-refractivity contribution in [3.05, 3.63) is 21.9 Å². The van der Waals surface area contributed by atoms with Crippen LogP contribution in [0.1, 0.15) is 54.1 Å². The normalized spacial score (nSPS) is 11.1. The van der Waals surface area contributed by atoms with E-state index in [0.717, 1.165) is 24.1 Å². The van der Waals surface area contributed by atoms with Gasteiger partial charge in [0, 0.05) is 27.1 Å². The van der Waals surface area contributed by atoms with Crippen LogP contribution in [0.15, 0.2) is 12.1 Å². The van der Waals surface area contributed by atoms with Crippen LogP contribution in [0.4, 0.5) is 0 Å². The third kappa shape index (κ3) is 3.74. The van der Waals surface area contributed by atoms with Crippen molar-refractivity contribution in [1.82, 2.24) is 0 Å². The van der Waals surface area contributed by atoms with E-state index in [2.05, 4.69) is 6.07 Å². The van der Waals surface area contributed by atoms with Crippen LogP contribution in [0.25, 0.3) is 9.40 Å². The smallest absolute Gasteiger partial charge is 0.172 e. The van der Waals surface area contributed by atoms with Gasteiger partial charge in [-0.1, -0.05) is 6.92 Å². The van der Waals surface area contributed by atoms with E-state index < -0.39 is 0 Å². The number of hydrogen-bond donors (Lipinski definition) is 0. The lowest BCUT2D eigenvalue weighted by Gasteiger charge is -1.96. The number of unbranched alkanes of at least 4 members (excludes halogenated alkanes) is 1. The third-order valence-corrected chi connectivity index (χ3v) is 5.45. The van der Waals surface area contributed by atoms with Crippen molar-refractivity contribution >= 4 is 43.6 Å². The molecule has 0 amide bonds. The summed E-state index contributed by atoms with van der Waals surface area (Å²) >= 11 is 3.38. The van der Waals surface area contributed by atoms with Crippen molar-refractivity contribution in [2.45, 2.75) is 46.0 Å². The van der Waals surface area contributed by atoms with E-state index in [-0.39, 0.29) is 11.6 Å². The van der Waals surface area contributed by atoms with Crippen LogP contribution in [0.5, 0.6) is 0 Å². The molecule has 0 aliphatic heterocycles. The van der Waals surface area contributed by atoms with Gasteiger partial charge in [0.2, 0.25) is 0 Å². The van der Waals surface area contributed by atoms with Crippen molar-refractivity contribution in [1.29, 1.82) is 0 Å². The Bertz CT molecular complexity index is 561. The minimum atomic E-state index is 0.233. The summed E-state index contributed by atoms with van der Waals surface area (Å²) in [5.74, 6) is 0.506. The molecule has 0 atom stereocenters. The lowest BCUT2D eigenvalue weighted by molar-refractivity contribution is -0.117. The summed E-state index contributed by atoms with van der Waals surface area (Å²) in [6.07, 6.45) is 4.34. The zero-order chi connectivity index (χ0) is 13.8. The summed E-state index contributed by atoms with van der Waals surface area (Å²) in [4.78, 5) is 24.7. The number of aryl methyl sites for hydroxylation is 1. The van der Waals surface area contributed by atoms with Gasteiger partial charge >= 0.3 is 0 Å². The van der Waals surface area contributed by atoms with Gasteiger partial charge < -0.3 is 4.79 Å². The molecule has 0 aromatic carbocycles. The Balaban J connectivity index is 1.97. The number of rotatable bonds is 7.